The molecule has 104 valence electrons. The molecule has 2 atom stereocenters. The lowest BCUT2D eigenvalue weighted by atomic mass is 9.99. The second-order valence-electron chi connectivity index (χ2n) is 5.21. The second kappa shape index (κ2) is 5.16. The first kappa shape index (κ1) is 13.0. The Hall–Kier alpha value is -2.03. The van der Waals surface area contributed by atoms with Gasteiger partial charge in [-0.25, -0.2) is 4.39 Å². The van der Waals surface area contributed by atoms with E-state index in [9.17, 15) is 4.39 Å². The highest BCUT2D eigenvalue weighted by Crippen LogP contribution is 2.37. The summed E-state index contributed by atoms with van der Waals surface area (Å²) in [7, 11) is 0. The van der Waals surface area contributed by atoms with Crippen molar-refractivity contribution in [2.45, 2.75) is 32.4 Å². The zero-order valence-corrected chi connectivity index (χ0v) is 11.7. The number of halogens is 1. The number of fused-ring (bicyclic) bond motifs is 1. The smallest absolute Gasteiger partial charge is 0.146 e. The van der Waals surface area contributed by atoms with Gasteiger partial charge < -0.3 is 10.1 Å². The molecule has 0 radical (unpaired) electrons. The van der Waals surface area contributed by atoms with E-state index in [4.69, 9.17) is 4.74 Å². The predicted octanol–water partition coefficient (Wildman–Crippen LogP) is 4.32. The van der Waals surface area contributed by atoms with Gasteiger partial charge in [0.25, 0.3) is 0 Å². The molecule has 3 heteroatoms. The minimum atomic E-state index is -0.278. The zero-order chi connectivity index (χ0) is 14.1. The fourth-order valence-corrected chi connectivity index (χ4v) is 2.57. The molecular weight excluding hydrogens is 253 g/mol. The number of aryl methyl sites for hydroxylation is 1. The Balaban J connectivity index is 1.90. The molecular formula is C17H18FNO. The first-order chi connectivity index (χ1) is 9.67. The number of hydrogen-bond donors (Lipinski definition) is 1. The molecule has 0 amide bonds. The molecule has 2 unspecified atom stereocenters. The van der Waals surface area contributed by atoms with Crippen molar-refractivity contribution in [3.63, 3.8) is 0 Å². The number of anilines is 1. The number of hydrogen-bond acceptors (Lipinski definition) is 2. The molecule has 3 rings (SSSR count). The molecule has 0 spiro atoms. The van der Waals surface area contributed by atoms with Crippen molar-refractivity contribution in [1.29, 1.82) is 0 Å². The van der Waals surface area contributed by atoms with E-state index in [1.807, 2.05) is 0 Å². The zero-order valence-electron chi connectivity index (χ0n) is 11.7. The van der Waals surface area contributed by atoms with Crippen molar-refractivity contribution in [3.8, 4) is 5.75 Å². The van der Waals surface area contributed by atoms with Gasteiger partial charge >= 0.3 is 0 Å². The average molecular weight is 271 g/mol. The number of benzene rings is 2. The van der Waals surface area contributed by atoms with Crippen LogP contribution >= 0.6 is 0 Å². The van der Waals surface area contributed by atoms with Crippen LogP contribution in [0.1, 0.15) is 31.1 Å². The fourth-order valence-electron chi connectivity index (χ4n) is 2.57. The molecule has 0 aliphatic carbocycles. The molecule has 2 aromatic carbocycles. The lowest BCUT2D eigenvalue weighted by molar-refractivity contribution is 0.177. The summed E-state index contributed by atoms with van der Waals surface area (Å²) in [5.74, 6) is 0.299. The fraction of sp³-hybridized carbons (Fsp3) is 0.294. The van der Waals surface area contributed by atoms with Gasteiger partial charge in [-0.2, -0.15) is 0 Å². The van der Waals surface area contributed by atoms with Crippen LogP contribution in [0.4, 0.5) is 10.1 Å². The highest BCUT2D eigenvalue weighted by Gasteiger charge is 2.27. The molecule has 0 saturated heterocycles. The first-order valence-electron chi connectivity index (χ1n) is 6.99. The molecule has 1 aliphatic heterocycles. The summed E-state index contributed by atoms with van der Waals surface area (Å²) >= 11 is 0. The third-order valence-electron chi connectivity index (χ3n) is 3.75. The topological polar surface area (TPSA) is 21.3 Å². The molecule has 2 nitrogen and oxygen atoms in total. The Kier molecular flexibility index (Phi) is 3.35. The largest absolute Gasteiger partial charge is 0.481 e. The Labute approximate surface area is 118 Å². The predicted molar refractivity (Wildman–Crippen MR) is 78.7 cm³/mol. The van der Waals surface area contributed by atoms with Crippen molar-refractivity contribution in [1.82, 2.24) is 0 Å². The van der Waals surface area contributed by atoms with Gasteiger partial charge in [0.1, 0.15) is 17.7 Å². The lowest BCUT2D eigenvalue weighted by Gasteiger charge is -2.33. The van der Waals surface area contributed by atoms with Gasteiger partial charge in [-0.05, 0) is 36.6 Å². The van der Waals surface area contributed by atoms with E-state index in [2.05, 4.69) is 43.4 Å². The maximum atomic E-state index is 13.3. The van der Waals surface area contributed by atoms with E-state index in [1.54, 1.807) is 6.07 Å². The van der Waals surface area contributed by atoms with E-state index in [0.717, 1.165) is 17.7 Å². The minimum absolute atomic E-state index is 0.102. The summed E-state index contributed by atoms with van der Waals surface area (Å²) < 4.78 is 19.3. The Morgan fingerprint density at radius 1 is 1.15 bits per heavy atom. The number of rotatable bonds is 2. The van der Waals surface area contributed by atoms with Crippen molar-refractivity contribution in [2.24, 2.45) is 0 Å². The lowest BCUT2D eigenvalue weighted by Crippen LogP contribution is -2.32. The molecule has 0 aromatic heterocycles. The van der Waals surface area contributed by atoms with Crippen LogP contribution in [0.2, 0.25) is 0 Å². The summed E-state index contributed by atoms with van der Waals surface area (Å²) in [6.07, 6.45) is 0.920. The van der Waals surface area contributed by atoms with Crippen molar-refractivity contribution >= 4 is 5.69 Å². The summed E-state index contributed by atoms with van der Waals surface area (Å²) in [6.45, 7) is 4.21. The van der Waals surface area contributed by atoms with Gasteiger partial charge in [-0.3, -0.25) is 0 Å². The normalized spacial score (nSPS) is 20.8. The van der Waals surface area contributed by atoms with E-state index < -0.39 is 0 Å². The third kappa shape index (κ3) is 2.36. The molecule has 0 saturated carbocycles. The molecule has 2 aromatic rings. The molecule has 1 aliphatic rings. The monoisotopic (exact) mass is 271 g/mol. The highest BCUT2D eigenvalue weighted by molar-refractivity contribution is 5.59. The van der Waals surface area contributed by atoms with E-state index >= 15 is 0 Å². The van der Waals surface area contributed by atoms with Crippen LogP contribution in [0.25, 0.3) is 0 Å². The number of ether oxygens (including phenoxy) is 1. The Morgan fingerprint density at radius 3 is 2.60 bits per heavy atom. The van der Waals surface area contributed by atoms with Gasteiger partial charge in [-0.15, -0.1) is 0 Å². The van der Waals surface area contributed by atoms with Crippen LogP contribution in [-0.4, -0.2) is 6.04 Å². The summed E-state index contributed by atoms with van der Waals surface area (Å²) in [4.78, 5) is 0. The number of nitrogens with one attached hydrogen (secondary N) is 1. The first-order valence-corrected chi connectivity index (χ1v) is 6.99. The van der Waals surface area contributed by atoms with Crippen molar-refractivity contribution in [3.05, 3.63) is 59.4 Å². The van der Waals surface area contributed by atoms with Gasteiger partial charge in [0.05, 0.1) is 11.7 Å². The Morgan fingerprint density at radius 2 is 1.90 bits per heavy atom. The van der Waals surface area contributed by atoms with E-state index in [1.165, 1.54) is 17.7 Å². The van der Waals surface area contributed by atoms with Crippen molar-refractivity contribution in [2.75, 3.05) is 5.32 Å². The van der Waals surface area contributed by atoms with Crippen LogP contribution in [0.5, 0.6) is 5.75 Å². The third-order valence-corrected chi connectivity index (χ3v) is 3.75. The SMILES string of the molecule is CCc1ccc(C2Oc3cc(F)ccc3NC2C)cc1. The van der Waals surface area contributed by atoms with E-state index in [-0.39, 0.29) is 18.0 Å². The summed E-state index contributed by atoms with van der Waals surface area (Å²) in [5.41, 5.74) is 3.26. The molecule has 1 N–H and O–H groups in total. The quantitative estimate of drug-likeness (QED) is 0.878. The van der Waals surface area contributed by atoms with Gasteiger partial charge in [-0.1, -0.05) is 31.2 Å². The van der Waals surface area contributed by atoms with Crippen molar-refractivity contribution < 1.29 is 9.13 Å². The van der Waals surface area contributed by atoms with Crippen LogP contribution in [0.15, 0.2) is 42.5 Å². The maximum Gasteiger partial charge on any atom is 0.146 e. The van der Waals surface area contributed by atoms with E-state index in [0.29, 0.717) is 5.75 Å². The summed E-state index contributed by atoms with van der Waals surface area (Å²) in [5, 5.41) is 3.37. The minimum Gasteiger partial charge on any atom is -0.481 e. The maximum absolute atomic E-state index is 13.3. The van der Waals surface area contributed by atoms with Crippen LogP contribution in [-0.2, 0) is 6.42 Å². The van der Waals surface area contributed by atoms with Gasteiger partial charge in [0.2, 0.25) is 0 Å². The average Bonchev–Trinajstić information content (AvgIpc) is 2.47. The van der Waals surface area contributed by atoms with Crippen LogP contribution < -0.4 is 10.1 Å². The standard InChI is InChI=1S/C17H18FNO/c1-3-12-4-6-13(7-5-12)17-11(2)19-15-9-8-14(18)10-16(15)20-17/h4-11,17,19H,3H2,1-2H3. The molecule has 0 fully saturated rings. The van der Waals surface area contributed by atoms with Crippen LogP contribution in [0.3, 0.4) is 0 Å². The second-order valence-corrected chi connectivity index (χ2v) is 5.21. The highest BCUT2D eigenvalue weighted by atomic mass is 19.1. The molecule has 20 heavy (non-hydrogen) atoms. The van der Waals surface area contributed by atoms with Gasteiger partial charge in [0, 0.05) is 6.07 Å². The Bertz CT molecular complexity index is 609. The molecule has 1 heterocycles. The summed E-state index contributed by atoms with van der Waals surface area (Å²) in [6, 6.07) is 13.1. The molecule has 0 bridgehead atoms. The van der Waals surface area contributed by atoms with Crippen LogP contribution in [0, 0.1) is 5.82 Å². The van der Waals surface area contributed by atoms with Gasteiger partial charge in [0.15, 0.2) is 0 Å².